The first kappa shape index (κ1) is 15.1. The van der Waals surface area contributed by atoms with E-state index in [4.69, 9.17) is 5.73 Å². The van der Waals surface area contributed by atoms with Crippen LogP contribution in [0.5, 0.6) is 0 Å². The van der Waals surface area contributed by atoms with Crippen LogP contribution in [0, 0.1) is 11.3 Å². The molecule has 16 heavy (non-hydrogen) atoms. The van der Waals surface area contributed by atoms with Crippen molar-refractivity contribution in [3.05, 3.63) is 0 Å². The van der Waals surface area contributed by atoms with Crippen LogP contribution in [0.15, 0.2) is 0 Å². The van der Waals surface area contributed by atoms with Crippen molar-refractivity contribution in [2.45, 2.75) is 53.1 Å². The van der Waals surface area contributed by atoms with Crippen LogP contribution in [0.1, 0.15) is 41.0 Å². The quantitative estimate of drug-likeness (QED) is 0.736. The number of nitrogens with one attached hydrogen (secondary N) is 1. The molecular weight excluding hydrogens is 204 g/mol. The van der Waals surface area contributed by atoms with Crippen molar-refractivity contribution in [3.63, 3.8) is 0 Å². The molecule has 2 atom stereocenters. The molecule has 0 fully saturated rings. The SMILES string of the molecule is CC(C)C[C@@H]([C]=O)NC(=O)[C@@H](N)C(C)(C)C. The summed E-state index contributed by atoms with van der Waals surface area (Å²) in [6.45, 7) is 9.64. The molecule has 0 saturated heterocycles. The Kier molecular flexibility index (Phi) is 5.65. The Morgan fingerprint density at radius 2 is 1.88 bits per heavy atom. The van der Waals surface area contributed by atoms with Gasteiger partial charge in [0.1, 0.15) is 0 Å². The smallest absolute Gasteiger partial charge is 0.238 e. The van der Waals surface area contributed by atoms with Crippen LogP contribution in [0.3, 0.4) is 0 Å². The Morgan fingerprint density at radius 1 is 1.38 bits per heavy atom. The molecule has 0 spiro atoms. The zero-order valence-electron chi connectivity index (χ0n) is 10.8. The third kappa shape index (κ3) is 5.26. The molecule has 1 radical (unpaired) electrons. The highest BCUT2D eigenvalue weighted by Gasteiger charge is 2.28. The summed E-state index contributed by atoms with van der Waals surface area (Å²) in [5.74, 6) is 0.0408. The van der Waals surface area contributed by atoms with Crippen molar-refractivity contribution in [1.29, 1.82) is 0 Å². The standard InChI is InChI=1S/C12H23N2O2/c1-8(2)6-9(7-15)14-11(16)10(13)12(3,4)5/h8-10H,6,13H2,1-5H3,(H,14,16)/t9-,10+/m0/s1. The molecular formula is C12H23N2O2. The van der Waals surface area contributed by atoms with E-state index < -0.39 is 12.1 Å². The maximum absolute atomic E-state index is 11.7. The number of amides is 1. The van der Waals surface area contributed by atoms with Crippen LogP contribution < -0.4 is 11.1 Å². The number of carbonyl (C=O) groups is 1. The Morgan fingerprint density at radius 3 is 2.19 bits per heavy atom. The van der Waals surface area contributed by atoms with Crippen molar-refractivity contribution in [1.82, 2.24) is 5.32 Å². The van der Waals surface area contributed by atoms with Gasteiger partial charge in [-0.15, -0.1) is 0 Å². The van der Waals surface area contributed by atoms with E-state index >= 15 is 0 Å². The maximum atomic E-state index is 11.7. The zero-order chi connectivity index (χ0) is 12.9. The van der Waals surface area contributed by atoms with E-state index in [1.165, 1.54) is 0 Å². The second-order valence-corrected chi connectivity index (χ2v) is 5.65. The molecule has 4 heteroatoms. The van der Waals surface area contributed by atoms with Gasteiger partial charge in [-0.3, -0.25) is 9.59 Å². The van der Waals surface area contributed by atoms with E-state index in [-0.39, 0.29) is 11.3 Å². The average Bonchev–Trinajstić information content (AvgIpc) is 2.13. The molecule has 0 saturated carbocycles. The monoisotopic (exact) mass is 227 g/mol. The minimum absolute atomic E-state index is 0.290. The summed E-state index contributed by atoms with van der Waals surface area (Å²) >= 11 is 0. The summed E-state index contributed by atoms with van der Waals surface area (Å²) in [7, 11) is 0. The van der Waals surface area contributed by atoms with Gasteiger partial charge in [-0.2, -0.15) is 0 Å². The largest absolute Gasteiger partial charge is 0.344 e. The molecule has 0 aliphatic carbocycles. The third-order valence-corrected chi connectivity index (χ3v) is 2.38. The van der Waals surface area contributed by atoms with E-state index in [9.17, 15) is 9.59 Å². The summed E-state index contributed by atoms with van der Waals surface area (Å²) in [5.41, 5.74) is 5.48. The van der Waals surface area contributed by atoms with E-state index in [1.807, 2.05) is 40.9 Å². The van der Waals surface area contributed by atoms with E-state index in [1.54, 1.807) is 0 Å². The van der Waals surface area contributed by atoms with Crippen LogP contribution in [0.4, 0.5) is 0 Å². The van der Waals surface area contributed by atoms with Crippen molar-refractivity contribution in [2.24, 2.45) is 17.1 Å². The molecule has 0 aromatic rings. The average molecular weight is 227 g/mol. The van der Waals surface area contributed by atoms with Crippen LogP contribution in [-0.4, -0.2) is 24.3 Å². The van der Waals surface area contributed by atoms with Crippen molar-refractivity contribution in [3.8, 4) is 0 Å². The Labute approximate surface area is 98.0 Å². The second-order valence-electron chi connectivity index (χ2n) is 5.65. The summed E-state index contributed by atoms with van der Waals surface area (Å²) in [6.07, 6.45) is 2.42. The van der Waals surface area contributed by atoms with Crippen LogP contribution in [0.25, 0.3) is 0 Å². The summed E-state index contributed by atoms with van der Waals surface area (Å²) < 4.78 is 0. The lowest BCUT2D eigenvalue weighted by atomic mass is 9.86. The number of carbonyl (C=O) groups excluding carboxylic acids is 2. The van der Waals surface area contributed by atoms with Crippen molar-refractivity contribution in [2.75, 3.05) is 0 Å². The lowest BCUT2D eigenvalue weighted by Gasteiger charge is -2.27. The number of nitrogens with two attached hydrogens (primary N) is 1. The van der Waals surface area contributed by atoms with Gasteiger partial charge in [0.25, 0.3) is 0 Å². The fraction of sp³-hybridized carbons (Fsp3) is 0.833. The molecule has 3 N–H and O–H groups in total. The van der Waals surface area contributed by atoms with Gasteiger partial charge in [0.2, 0.25) is 12.2 Å². The minimum atomic E-state index is -0.615. The van der Waals surface area contributed by atoms with Crippen LogP contribution in [-0.2, 0) is 9.59 Å². The third-order valence-electron chi connectivity index (χ3n) is 2.38. The maximum Gasteiger partial charge on any atom is 0.238 e. The Hall–Kier alpha value is -0.900. The van der Waals surface area contributed by atoms with Crippen LogP contribution in [0.2, 0.25) is 0 Å². The molecule has 0 unspecified atom stereocenters. The highest BCUT2D eigenvalue weighted by atomic mass is 16.2. The fourth-order valence-electron chi connectivity index (χ4n) is 1.26. The molecule has 4 nitrogen and oxygen atoms in total. The number of hydrogen-bond acceptors (Lipinski definition) is 3. The number of hydrogen-bond donors (Lipinski definition) is 2. The van der Waals surface area contributed by atoms with E-state index in [0.717, 1.165) is 0 Å². The van der Waals surface area contributed by atoms with Gasteiger partial charge in [0, 0.05) is 0 Å². The topological polar surface area (TPSA) is 72.2 Å². The number of rotatable bonds is 5. The van der Waals surface area contributed by atoms with Gasteiger partial charge >= 0.3 is 0 Å². The summed E-state index contributed by atoms with van der Waals surface area (Å²) in [6, 6.07) is -1.17. The van der Waals surface area contributed by atoms with Gasteiger partial charge in [-0.25, -0.2) is 0 Å². The van der Waals surface area contributed by atoms with Gasteiger partial charge in [-0.05, 0) is 17.8 Å². The first-order chi connectivity index (χ1) is 7.18. The lowest BCUT2D eigenvalue weighted by Crippen LogP contribution is -2.51. The minimum Gasteiger partial charge on any atom is -0.344 e. The van der Waals surface area contributed by atoms with Crippen molar-refractivity contribution >= 4 is 12.2 Å². The Bertz CT molecular complexity index is 244. The highest BCUT2D eigenvalue weighted by molar-refractivity contribution is 5.84. The Balaban J connectivity index is 4.36. The first-order valence-electron chi connectivity index (χ1n) is 5.62. The lowest BCUT2D eigenvalue weighted by molar-refractivity contribution is -0.124. The van der Waals surface area contributed by atoms with Gasteiger partial charge < -0.3 is 11.1 Å². The summed E-state index contributed by atoms with van der Waals surface area (Å²) in [5, 5.41) is 2.62. The van der Waals surface area contributed by atoms with E-state index in [2.05, 4.69) is 5.32 Å². The molecule has 0 bridgehead atoms. The normalized spacial score (nSPS) is 15.7. The predicted octanol–water partition coefficient (Wildman–Crippen LogP) is 1.00. The zero-order valence-corrected chi connectivity index (χ0v) is 10.8. The highest BCUT2D eigenvalue weighted by Crippen LogP contribution is 2.17. The fourth-order valence-corrected chi connectivity index (χ4v) is 1.26. The summed E-state index contributed by atoms with van der Waals surface area (Å²) in [4.78, 5) is 22.4. The molecule has 0 heterocycles. The predicted molar refractivity (Wildman–Crippen MR) is 64.5 cm³/mol. The first-order valence-corrected chi connectivity index (χ1v) is 5.62. The molecule has 0 aromatic heterocycles. The molecule has 0 aliphatic heterocycles. The van der Waals surface area contributed by atoms with Gasteiger partial charge in [0.05, 0.1) is 12.1 Å². The molecule has 0 aliphatic rings. The van der Waals surface area contributed by atoms with Crippen LogP contribution >= 0.6 is 0 Å². The van der Waals surface area contributed by atoms with Gasteiger partial charge in [0.15, 0.2) is 0 Å². The van der Waals surface area contributed by atoms with Crippen molar-refractivity contribution < 1.29 is 9.59 Å². The molecule has 0 rings (SSSR count). The van der Waals surface area contributed by atoms with Gasteiger partial charge in [-0.1, -0.05) is 34.6 Å². The van der Waals surface area contributed by atoms with E-state index in [0.29, 0.717) is 12.3 Å². The molecule has 0 aromatic carbocycles. The molecule has 93 valence electrons. The second kappa shape index (κ2) is 5.99. The molecule has 1 amide bonds.